The number of carbonyl (C=O) groups is 2. The van der Waals surface area contributed by atoms with Crippen LogP contribution < -0.4 is 0 Å². The number of aromatic nitrogens is 3. The van der Waals surface area contributed by atoms with E-state index in [9.17, 15) is 9.59 Å². The summed E-state index contributed by atoms with van der Waals surface area (Å²) < 4.78 is 5.28. The molecular formula is C20H25N5O3. The summed E-state index contributed by atoms with van der Waals surface area (Å²) in [4.78, 5) is 37.3. The van der Waals surface area contributed by atoms with Gasteiger partial charge in [-0.15, -0.1) is 0 Å². The Morgan fingerprint density at radius 2 is 2.21 bits per heavy atom. The molecule has 28 heavy (non-hydrogen) atoms. The summed E-state index contributed by atoms with van der Waals surface area (Å²) in [5, 5.41) is 3.97. The highest BCUT2D eigenvalue weighted by Gasteiger charge is 2.48. The van der Waals surface area contributed by atoms with E-state index >= 15 is 0 Å². The molecule has 2 aromatic rings. The Balaban J connectivity index is 1.28. The van der Waals surface area contributed by atoms with Gasteiger partial charge in [0.25, 0.3) is 0 Å². The first-order chi connectivity index (χ1) is 13.6. The SMILES string of the molecule is CN1CCCC2(CCN(C(=O)CCCc3nc(-c4cccnc4)no3)C2)C1=O. The Kier molecular flexibility index (Phi) is 5.11. The molecule has 1 spiro atoms. The average Bonchev–Trinajstić information content (AvgIpc) is 3.35. The fourth-order valence-corrected chi connectivity index (χ4v) is 4.25. The first-order valence-electron chi connectivity index (χ1n) is 9.84. The molecule has 2 aliphatic heterocycles. The predicted octanol–water partition coefficient (Wildman–Crippen LogP) is 1.93. The number of aryl methyl sites for hydroxylation is 1. The van der Waals surface area contributed by atoms with Gasteiger partial charge in [-0.3, -0.25) is 14.6 Å². The molecule has 2 saturated heterocycles. The number of rotatable bonds is 5. The van der Waals surface area contributed by atoms with Crippen LogP contribution in [0.15, 0.2) is 29.0 Å². The molecule has 8 heteroatoms. The quantitative estimate of drug-likeness (QED) is 0.783. The van der Waals surface area contributed by atoms with Crippen LogP contribution in [-0.4, -0.2) is 63.4 Å². The molecule has 2 aromatic heterocycles. The lowest BCUT2D eigenvalue weighted by molar-refractivity contribution is -0.144. The van der Waals surface area contributed by atoms with Crippen molar-refractivity contribution in [3.05, 3.63) is 30.4 Å². The fraction of sp³-hybridized carbons (Fsp3) is 0.550. The standard InChI is InChI=1S/C20H25N5O3/c1-24-11-4-8-20(19(24)27)9-12-25(14-20)17(26)7-2-6-16-22-18(23-28-16)15-5-3-10-21-13-15/h3,5,10,13H,2,4,6-9,11-12,14H2,1H3. The van der Waals surface area contributed by atoms with Crippen molar-refractivity contribution < 1.29 is 14.1 Å². The summed E-state index contributed by atoms with van der Waals surface area (Å²) in [6.07, 6.45) is 7.68. The molecule has 148 valence electrons. The van der Waals surface area contributed by atoms with Gasteiger partial charge < -0.3 is 14.3 Å². The molecule has 0 N–H and O–H groups in total. The zero-order valence-electron chi connectivity index (χ0n) is 16.1. The van der Waals surface area contributed by atoms with E-state index in [0.717, 1.165) is 31.4 Å². The van der Waals surface area contributed by atoms with Crippen LogP contribution in [-0.2, 0) is 16.0 Å². The number of carbonyl (C=O) groups excluding carboxylic acids is 2. The van der Waals surface area contributed by atoms with Crippen molar-refractivity contribution in [2.24, 2.45) is 5.41 Å². The van der Waals surface area contributed by atoms with Crippen molar-refractivity contribution in [2.75, 3.05) is 26.7 Å². The summed E-state index contributed by atoms with van der Waals surface area (Å²) in [6.45, 7) is 2.05. The number of amides is 2. The second kappa shape index (κ2) is 7.69. The van der Waals surface area contributed by atoms with Gasteiger partial charge in [0.05, 0.1) is 5.41 Å². The number of pyridine rings is 1. The van der Waals surface area contributed by atoms with Gasteiger partial charge in [-0.2, -0.15) is 4.98 Å². The van der Waals surface area contributed by atoms with Gasteiger partial charge in [-0.1, -0.05) is 5.16 Å². The van der Waals surface area contributed by atoms with Gasteiger partial charge in [0, 0.05) is 57.5 Å². The van der Waals surface area contributed by atoms with E-state index in [4.69, 9.17) is 4.52 Å². The largest absolute Gasteiger partial charge is 0.345 e. The number of likely N-dealkylation sites (tertiary alicyclic amines) is 2. The summed E-state index contributed by atoms with van der Waals surface area (Å²) in [7, 11) is 1.86. The maximum atomic E-state index is 12.6. The van der Waals surface area contributed by atoms with Gasteiger partial charge in [-0.05, 0) is 37.8 Å². The van der Waals surface area contributed by atoms with E-state index in [2.05, 4.69) is 15.1 Å². The van der Waals surface area contributed by atoms with Gasteiger partial charge in [0.15, 0.2) is 0 Å². The molecule has 1 unspecified atom stereocenters. The van der Waals surface area contributed by atoms with Gasteiger partial charge in [0.1, 0.15) is 0 Å². The number of hydrogen-bond donors (Lipinski definition) is 0. The normalized spacial score (nSPS) is 22.2. The Hall–Kier alpha value is -2.77. The lowest BCUT2D eigenvalue weighted by atomic mass is 9.78. The first kappa shape index (κ1) is 18.6. The zero-order chi connectivity index (χ0) is 19.6. The molecule has 2 fully saturated rings. The number of nitrogens with zero attached hydrogens (tertiary/aromatic N) is 5. The van der Waals surface area contributed by atoms with Gasteiger partial charge >= 0.3 is 0 Å². The minimum absolute atomic E-state index is 0.102. The van der Waals surface area contributed by atoms with Crippen molar-refractivity contribution in [3.63, 3.8) is 0 Å². The lowest BCUT2D eigenvalue weighted by Crippen LogP contribution is -2.48. The van der Waals surface area contributed by atoms with Crippen molar-refractivity contribution in [3.8, 4) is 11.4 Å². The second-order valence-corrected chi connectivity index (χ2v) is 7.78. The molecule has 4 heterocycles. The Labute approximate surface area is 163 Å². The molecular weight excluding hydrogens is 358 g/mol. The third-order valence-electron chi connectivity index (χ3n) is 5.82. The zero-order valence-corrected chi connectivity index (χ0v) is 16.1. The summed E-state index contributed by atoms with van der Waals surface area (Å²) in [5.74, 6) is 1.33. The van der Waals surface area contributed by atoms with Crippen molar-refractivity contribution >= 4 is 11.8 Å². The van der Waals surface area contributed by atoms with Gasteiger partial charge in [0.2, 0.25) is 23.5 Å². The van der Waals surface area contributed by atoms with Crippen LogP contribution in [0.1, 0.15) is 38.0 Å². The number of piperidine rings is 1. The highest BCUT2D eigenvalue weighted by atomic mass is 16.5. The van der Waals surface area contributed by atoms with Crippen LogP contribution in [0.5, 0.6) is 0 Å². The van der Waals surface area contributed by atoms with Gasteiger partial charge in [-0.25, -0.2) is 0 Å². The van der Waals surface area contributed by atoms with Crippen LogP contribution in [0, 0.1) is 5.41 Å². The molecule has 4 rings (SSSR count). The van der Waals surface area contributed by atoms with Crippen LogP contribution in [0.2, 0.25) is 0 Å². The molecule has 0 saturated carbocycles. The second-order valence-electron chi connectivity index (χ2n) is 7.78. The third-order valence-corrected chi connectivity index (χ3v) is 5.82. The highest BCUT2D eigenvalue weighted by Crippen LogP contribution is 2.39. The smallest absolute Gasteiger partial charge is 0.230 e. The Bertz CT molecular complexity index is 853. The molecule has 0 bridgehead atoms. The molecule has 0 aliphatic carbocycles. The average molecular weight is 383 g/mol. The minimum atomic E-state index is -0.353. The van der Waals surface area contributed by atoms with E-state index in [1.54, 1.807) is 12.4 Å². The maximum Gasteiger partial charge on any atom is 0.230 e. The predicted molar refractivity (Wildman–Crippen MR) is 101 cm³/mol. The fourth-order valence-electron chi connectivity index (χ4n) is 4.25. The maximum absolute atomic E-state index is 12.6. The number of hydrogen-bond acceptors (Lipinski definition) is 6. The minimum Gasteiger partial charge on any atom is -0.345 e. The molecule has 8 nitrogen and oxygen atoms in total. The van der Waals surface area contributed by atoms with E-state index < -0.39 is 0 Å². The van der Waals surface area contributed by atoms with Crippen molar-refractivity contribution in [2.45, 2.75) is 38.5 Å². The monoisotopic (exact) mass is 383 g/mol. The highest BCUT2D eigenvalue weighted by molar-refractivity contribution is 5.85. The molecule has 0 radical (unpaired) electrons. The van der Waals surface area contributed by atoms with Crippen LogP contribution >= 0.6 is 0 Å². The topological polar surface area (TPSA) is 92.4 Å². The van der Waals surface area contributed by atoms with Crippen LogP contribution in [0.4, 0.5) is 0 Å². The summed E-state index contributed by atoms with van der Waals surface area (Å²) in [6, 6.07) is 3.69. The Morgan fingerprint density at radius 3 is 3.04 bits per heavy atom. The third kappa shape index (κ3) is 3.63. The molecule has 2 aliphatic rings. The Morgan fingerprint density at radius 1 is 1.32 bits per heavy atom. The summed E-state index contributed by atoms with van der Waals surface area (Å²) in [5.41, 5.74) is 0.450. The molecule has 0 aromatic carbocycles. The van der Waals surface area contributed by atoms with Crippen molar-refractivity contribution in [1.29, 1.82) is 0 Å². The van der Waals surface area contributed by atoms with E-state index in [0.29, 0.717) is 44.1 Å². The van der Waals surface area contributed by atoms with Crippen LogP contribution in [0.25, 0.3) is 11.4 Å². The van der Waals surface area contributed by atoms with Crippen molar-refractivity contribution in [1.82, 2.24) is 24.9 Å². The molecule has 2 amide bonds. The van der Waals surface area contributed by atoms with Crippen LogP contribution in [0.3, 0.4) is 0 Å². The van der Waals surface area contributed by atoms with E-state index in [-0.39, 0.29) is 17.2 Å². The first-order valence-corrected chi connectivity index (χ1v) is 9.84. The lowest BCUT2D eigenvalue weighted by Gasteiger charge is -2.37. The van der Waals surface area contributed by atoms with E-state index in [1.807, 2.05) is 29.0 Å². The van der Waals surface area contributed by atoms with E-state index in [1.165, 1.54) is 0 Å². The molecule has 1 atom stereocenters. The summed E-state index contributed by atoms with van der Waals surface area (Å²) >= 11 is 0.